The third-order valence-corrected chi connectivity index (χ3v) is 4.38. The van der Waals surface area contributed by atoms with Crippen LogP contribution in [0, 0.1) is 5.92 Å². The second-order valence-electron chi connectivity index (χ2n) is 6.20. The van der Waals surface area contributed by atoms with Gasteiger partial charge in [-0.25, -0.2) is 0 Å². The highest BCUT2D eigenvalue weighted by Gasteiger charge is 2.13. The molecule has 0 unspecified atom stereocenters. The van der Waals surface area contributed by atoms with E-state index in [1.54, 1.807) is 0 Å². The van der Waals surface area contributed by atoms with Gasteiger partial charge < -0.3 is 14.8 Å². The summed E-state index contributed by atoms with van der Waals surface area (Å²) in [4.78, 5) is 12.0. The van der Waals surface area contributed by atoms with Crippen molar-refractivity contribution in [2.75, 3.05) is 19.8 Å². The highest BCUT2D eigenvalue weighted by atomic mass is 16.6. The van der Waals surface area contributed by atoms with Crippen LogP contribution in [0.15, 0.2) is 18.2 Å². The summed E-state index contributed by atoms with van der Waals surface area (Å²) in [5.41, 5.74) is 1.11. The van der Waals surface area contributed by atoms with E-state index in [1.165, 1.54) is 19.3 Å². The number of amides is 1. The Kier molecular flexibility index (Phi) is 7.24. The van der Waals surface area contributed by atoms with Crippen molar-refractivity contribution in [2.45, 2.75) is 52.4 Å². The van der Waals surface area contributed by atoms with E-state index < -0.39 is 0 Å². The number of benzene rings is 1. The molecular formula is C19H29NO3. The summed E-state index contributed by atoms with van der Waals surface area (Å²) >= 11 is 0. The van der Waals surface area contributed by atoms with Crippen molar-refractivity contribution in [3.05, 3.63) is 23.8 Å². The van der Waals surface area contributed by atoms with Crippen LogP contribution in [-0.2, 0) is 11.2 Å². The quantitative estimate of drug-likeness (QED) is 0.754. The molecule has 1 aliphatic rings. The summed E-state index contributed by atoms with van der Waals surface area (Å²) in [5, 5.41) is 3.08. The zero-order chi connectivity index (χ0) is 16.5. The van der Waals surface area contributed by atoms with Crippen molar-refractivity contribution in [1.29, 1.82) is 0 Å². The molecular weight excluding hydrogens is 290 g/mol. The van der Waals surface area contributed by atoms with Crippen LogP contribution in [0.25, 0.3) is 0 Å². The molecule has 0 radical (unpaired) electrons. The van der Waals surface area contributed by atoms with Gasteiger partial charge in [-0.2, -0.15) is 0 Å². The third kappa shape index (κ3) is 5.77. The molecule has 0 aromatic heterocycles. The number of rotatable bonds is 9. The van der Waals surface area contributed by atoms with Gasteiger partial charge in [0.25, 0.3) is 0 Å². The summed E-state index contributed by atoms with van der Waals surface area (Å²) in [5.74, 6) is 2.33. The number of aryl methyl sites for hydroxylation is 1. The Balaban J connectivity index is 1.73. The normalized spacial score (nSPS) is 14.3. The van der Waals surface area contributed by atoms with Crippen LogP contribution < -0.4 is 14.8 Å². The van der Waals surface area contributed by atoms with Crippen LogP contribution in [0.3, 0.4) is 0 Å². The fraction of sp³-hybridized carbons (Fsp3) is 0.632. The molecule has 1 aromatic rings. The fourth-order valence-corrected chi connectivity index (χ4v) is 2.79. The molecule has 0 aliphatic carbocycles. The highest BCUT2D eigenvalue weighted by Crippen LogP contribution is 2.31. The SMILES string of the molecule is CCCC[C@@H](CC)CNC(=O)CCc1ccc2c(c1)OCCO2. The summed E-state index contributed by atoms with van der Waals surface area (Å²) in [7, 11) is 0. The first kappa shape index (κ1) is 17.6. The number of fused-ring (bicyclic) bond motifs is 1. The molecule has 0 saturated carbocycles. The zero-order valence-corrected chi connectivity index (χ0v) is 14.4. The van der Waals surface area contributed by atoms with Crippen molar-refractivity contribution in [2.24, 2.45) is 5.92 Å². The van der Waals surface area contributed by atoms with Crippen molar-refractivity contribution >= 4 is 5.91 Å². The average molecular weight is 319 g/mol. The summed E-state index contributed by atoms with van der Waals surface area (Å²) in [6, 6.07) is 5.92. The molecule has 0 fully saturated rings. The lowest BCUT2D eigenvalue weighted by atomic mass is 9.99. The van der Waals surface area contributed by atoms with Gasteiger partial charge in [0.15, 0.2) is 11.5 Å². The Morgan fingerprint density at radius 2 is 2.00 bits per heavy atom. The van der Waals surface area contributed by atoms with E-state index in [9.17, 15) is 4.79 Å². The van der Waals surface area contributed by atoms with Crippen molar-refractivity contribution in [1.82, 2.24) is 5.32 Å². The van der Waals surface area contributed by atoms with Crippen LogP contribution in [0.4, 0.5) is 0 Å². The molecule has 4 nitrogen and oxygen atoms in total. The Morgan fingerprint density at radius 3 is 2.74 bits per heavy atom. The van der Waals surface area contributed by atoms with Gasteiger partial charge in [0, 0.05) is 13.0 Å². The molecule has 1 aromatic carbocycles. The largest absolute Gasteiger partial charge is 0.486 e. The van der Waals surface area contributed by atoms with E-state index in [1.807, 2.05) is 18.2 Å². The average Bonchev–Trinajstić information content (AvgIpc) is 2.60. The molecule has 0 bridgehead atoms. The molecule has 2 rings (SSSR count). The minimum absolute atomic E-state index is 0.134. The Hall–Kier alpha value is -1.71. The monoisotopic (exact) mass is 319 g/mol. The van der Waals surface area contributed by atoms with E-state index in [0.717, 1.165) is 36.4 Å². The number of hydrogen-bond donors (Lipinski definition) is 1. The lowest BCUT2D eigenvalue weighted by Gasteiger charge is -2.19. The van der Waals surface area contributed by atoms with Crippen LogP contribution in [-0.4, -0.2) is 25.7 Å². The molecule has 1 aliphatic heterocycles. The van der Waals surface area contributed by atoms with Gasteiger partial charge in [-0.1, -0.05) is 39.2 Å². The molecule has 1 amide bonds. The Morgan fingerprint density at radius 1 is 1.22 bits per heavy atom. The first-order valence-corrected chi connectivity index (χ1v) is 8.88. The van der Waals surface area contributed by atoms with Gasteiger partial charge in [0.1, 0.15) is 13.2 Å². The van der Waals surface area contributed by atoms with E-state index in [2.05, 4.69) is 19.2 Å². The molecule has 4 heteroatoms. The number of nitrogens with one attached hydrogen (secondary N) is 1. The fourth-order valence-electron chi connectivity index (χ4n) is 2.79. The second-order valence-corrected chi connectivity index (χ2v) is 6.20. The zero-order valence-electron chi connectivity index (χ0n) is 14.4. The van der Waals surface area contributed by atoms with Crippen molar-refractivity contribution in [3.8, 4) is 11.5 Å². The van der Waals surface area contributed by atoms with Crippen LogP contribution in [0.2, 0.25) is 0 Å². The molecule has 23 heavy (non-hydrogen) atoms. The first-order chi connectivity index (χ1) is 11.2. The van der Waals surface area contributed by atoms with Crippen LogP contribution in [0.1, 0.15) is 51.5 Å². The van der Waals surface area contributed by atoms with Gasteiger partial charge in [-0.15, -0.1) is 0 Å². The molecule has 0 spiro atoms. The number of hydrogen-bond acceptors (Lipinski definition) is 3. The smallest absolute Gasteiger partial charge is 0.220 e. The Labute approximate surface area is 139 Å². The predicted molar refractivity (Wildman–Crippen MR) is 92.1 cm³/mol. The summed E-state index contributed by atoms with van der Waals surface area (Å²) < 4.78 is 11.1. The number of carbonyl (C=O) groups is 1. The standard InChI is InChI=1S/C19H29NO3/c1-3-5-6-15(4-2)14-20-19(21)10-8-16-7-9-17-18(13-16)23-12-11-22-17/h7,9,13,15H,3-6,8,10-12,14H2,1-2H3,(H,20,21)/t15-/m1/s1. The van der Waals surface area contributed by atoms with E-state index in [0.29, 0.717) is 25.6 Å². The van der Waals surface area contributed by atoms with E-state index >= 15 is 0 Å². The lowest BCUT2D eigenvalue weighted by molar-refractivity contribution is -0.121. The summed E-state index contributed by atoms with van der Waals surface area (Å²) in [6.45, 7) is 6.40. The topological polar surface area (TPSA) is 47.6 Å². The van der Waals surface area contributed by atoms with Crippen LogP contribution in [0.5, 0.6) is 11.5 Å². The van der Waals surface area contributed by atoms with Gasteiger partial charge in [0.05, 0.1) is 0 Å². The predicted octanol–water partition coefficient (Wildman–Crippen LogP) is 3.72. The maximum atomic E-state index is 12.0. The maximum absolute atomic E-state index is 12.0. The van der Waals surface area contributed by atoms with E-state index in [4.69, 9.17) is 9.47 Å². The molecule has 1 atom stereocenters. The highest BCUT2D eigenvalue weighted by molar-refractivity contribution is 5.76. The Bertz CT molecular complexity index is 501. The van der Waals surface area contributed by atoms with Crippen LogP contribution >= 0.6 is 0 Å². The second kappa shape index (κ2) is 9.43. The first-order valence-electron chi connectivity index (χ1n) is 8.88. The van der Waals surface area contributed by atoms with Gasteiger partial charge in [-0.05, 0) is 36.5 Å². The third-order valence-electron chi connectivity index (χ3n) is 4.38. The van der Waals surface area contributed by atoms with Crippen molar-refractivity contribution in [3.63, 3.8) is 0 Å². The van der Waals surface area contributed by atoms with Gasteiger partial charge in [0.2, 0.25) is 5.91 Å². The number of carbonyl (C=O) groups excluding carboxylic acids is 1. The summed E-state index contributed by atoms with van der Waals surface area (Å²) in [6.07, 6.45) is 6.04. The number of unbranched alkanes of at least 4 members (excludes halogenated alkanes) is 1. The number of ether oxygens (including phenoxy) is 2. The van der Waals surface area contributed by atoms with Crippen molar-refractivity contribution < 1.29 is 14.3 Å². The minimum atomic E-state index is 0.134. The lowest BCUT2D eigenvalue weighted by Crippen LogP contribution is -2.29. The molecule has 128 valence electrons. The van der Waals surface area contributed by atoms with Gasteiger partial charge >= 0.3 is 0 Å². The molecule has 1 N–H and O–H groups in total. The molecule has 1 heterocycles. The minimum Gasteiger partial charge on any atom is -0.486 e. The molecule has 0 saturated heterocycles. The van der Waals surface area contributed by atoms with Gasteiger partial charge in [-0.3, -0.25) is 4.79 Å². The maximum Gasteiger partial charge on any atom is 0.220 e. The van der Waals surface area contributed by atoms with E-state index in [-0.39, 0.29) is 5.91 Å².